The highest BCUT2D eigenvalue weighted by Gasteiger charge is 2.21. The second-order valence-corrected chi connectivity index (χ2v) is 7.26. The van der Waals surface area contributed by atoms with Crippen molar-refractivity contribution < 1.29 is 4.79 Å². The van der Waals surface area contributed by atoms with E-state index < -0.39 is 0 Å². The van der Waals surface area contributed by atoms with Gasteiger partial charge in [0.15, 0.2) is 0 Å². The van der Waals surface area contributed by atoms with Gasteiger partial charge in [0.05, 0.1) is 6.42 Å². The number of carbonyl (C=O) groups is 1. The first-order valence-electron chi connectivity index (χ1n) is 7.91. The van der Waals surface area contributed by atoms with Crippen molar-refractivity contribution >= 4 is 17.1 Å². The molecule has 1 aromatic carbocycles. The number of nitrogens with zero attached hydrogens (tertiary/aromatic N) is 2. The largest absolute Gasteiger partial charge is 0.300 e. The van der Waals surface area contributed by atoms with E-state index in [1.807, 2.05) is 6.20 Å². The summed E-state index contributed by atoms with van der Waals surface area (Å²) in [6.45, 7) is 4.87. The first-order valence-corrected chi connectivity index (χ1v) is 8.72. The predicted molar refractivity (Wildman–Crippen MR) is 90.2 cm³/mol. The van der Waals surface area contributed by atoms with Gasteiger partial charge in [0.25, 0.3) is 0 Å². The third kappa shape index (κ3) is 4.02. The first-order chi connectivity index (χ1) is 10.7. The van der Waals surface area contributed by atoms with Gasteiger partial charge >= 0.3 is 0 Å². The molecule has 3 rings (SSSR count). The standard InChI is InChI=1S/C18H22N2OS/c1-14(21)11-18-19-12-17(22-18)13-20-9-7-16(8-10-20)15-5-3-2-4-6-15/h2-6,12,16H,7-11,13H2,1H3. The number of aromatic nitrogens is 1. The maximum Gasteiger partial charge on any atom is 0.136 e. The number of Topliss-reactive ketones (excluding diaryl/α,β-unsaturated/α-hetero) is 1. The van der Waals surface area contributed by atoms with Crippen LogP contribution in [0.25, 0.3) is 0 Å². The molecule has 0 N–H and O–H groups in total. The van der Waals surface area contributed by atoms with E-state index in [0.29, 0.717) is 12.3 Å². The Bertz CT molecular complexity index is 615. The van der Waals surface area contributed by atoms with E-state index in [0.717, 1.165) is 24.6 Å². The number of likely N-dealkylation sites (tertiary alicyclic amines) is 1. The molecule has 1 saturated heterocycles. The Hall–Kier alpha value is -1.52. The van der Waals surface area contributed by atoms with E-state index in [1.54, 1.807) is 18.3 Å². The molecule has 4 heteroatoms. The lowest BCUT2D eigenvalue weighted by atomic mass is 9.89. The van der Waals surface area contributed by atoms with Crippen LogP contribution in [0.1, 0.15) is 41.1 Å². The smallest absolute Gasteiger partial charge is 0.136 e. The zero-order chi connectivity index (χ0) is 15.4. The second-order valence-electron chi connectivity index (χ2n) is 6.06. The number of thiazole rings is 1. The quantitative estimate of drug-likeness (QED) is 0.844. The fourth-order valence-electron chi connectivity index (χ4n) is 3.09. The third-order valence-corrected chi connectivity index (χ3v) is 5.22. The molecule has 0 aliphatic carbocycles. The third-order valence-electron chi connectivity index (χ3n) is 4.24. The Labute approximate surface area is 136 Å². The van der Waals surface area contributed by atoms with E-state index in [9.17, 15) is 4.79 Å². The molecule has 22 heavy (non-hydrogen) atoms. The molecular weight excluding hydrogens is 292 g/mol. The molecule has 0 radical (unpaired) electrons. The molecule has 2 aromatic rings. The van der Waals surface area contributed by atoms with Crippen molar-refractivity contribution in [2.75, 3.05) is 13.1 Å². The van der Waals surface area contributed by atoms with Crippen LogP contribution < -0.4 is 0 Å². The highest BCUT2D eigenvalue weighted by molar-refractivity contribution is 7.11. The Morgan fingerprint density at radius 2 is 2.00 bits per heavy atom. The van der Waals surface area contributed by atoms with E-state index in [1.165, 1.54) is 23.3 Å². The monoisotopic (exact) mass is 314 g/mol. The fraction of sp³-hybridized carbons (Fsp3) is 0.444. The Morgan fingerprint density at radius 3 is 2.68 bits per heavy atom. The molecule has 0 amide bonds. The predicted octanol–water partition coefficient (Wildman–Crippen LogP) is 3.65. The molecule has 2 heterocycles. The zero-order valence-electron chi connectivity index (χ0n) is 13.0. The molecule has 3 nitrogen and oxygen atoms in total. The van der Waals surface area contributed by atoms with Crippen molar-refractivity contribution in [1.82, 2.24) is 9.88 Å². The van der Waals surface area contributed by atoms with Crippen LogP contribution in [0.15, 0.2) is 36.5 Å². The van der Waals surface area contributed by atoms with Crippen LogP contribution in [0.2, 0.25) is 0 Å². The Kier molecular flexibility index (Phi) is 5.01. The van der Waals surface area contributed by atoms with Crippen LogP contribution in [0, 0.1) is 0 Å². The number of hydrogen-bond acceptors (Lipinski definition) is 4. The molecular formula is C18H22N2OS. The van der Waals surface area contributed by atoms with Gasteiger partial charge in [0.2, 0.25) is 0 Å². The van der Waals surface area contributed by atoms with Gasteiger partial charge in [0, 0.05) is 17.6 Å². The fourth-order valence-corrected chi connectivity index (χ4v) is 4.12. The van der Waals surface area contributed by atoms with E-state index >= 15 is 0 Å². The first kappa shape index (κ1) is 15.4. The average molecular weight is 314 g/mol. The van der Waals surface area contributed by atoms with Gasteiger partial charge in [-0.25, -0.2) is 4.98 Å². The molecule has 0 atom stereocenters. The number of carbonyl (C=O) groups excluding carboxylic acids is 1. The van der Waals surface area contributed by atoms with Crippen LogP contribution in [0.4, 0.5) is 0 Å². The highest BCUT2D eigenvalue weighted by atomic mass is 32.1. The number of rotatable bonds is 5. The van der Waals surface area contributed by atoms with Crippen LogP contribution in [0.3, 0.4) is 0 Å². The summed E-state index contributed by atoms with van der Waals surface area (Å²) < 4.78 is 0. The topological polar surface area (TPSA) is 33.2 Å². The van der Waals surface area contributed by atoms with Crippen LogP contribution in [-0.2, 0) is 17.8 Å². The zero-order valence-corrected chi connectivity index (χ0v) is 13.8. The van der Waals surface area contributed by atoms with Crippen molar-refractivity contribution in [3.8, 4) is 0 Å². The summed E-state index contributed by atoms with van der Waals surface area (Å²) >= 11 is 1.68. The average Bonchev–Trinajstić information content (AvgIpc) is 2.95. The maximum atomic E-state index is 11.1. The second kappa shape index (κ2) is 7.16. The number of ketones is 1. The minimum atomic E-state index is 0.185. The lowest BCUT2D eigenvalue weighted by Gasteiger charge is -2.31. The number of piperidine rings is 1. The summed E-state index contributed by atoms with van der Waals surface area (Å²) in [6.07, 6.45) is 4.86. The number of benzene rings is 1. The lowest BCUT2D eigenvalue weighted by Crippen LogP contribution is -2.32. The van der Waals surface area contributed by atoms with Crippen molar-refractivity contribution in [2.24, 2.45) is 0 Å². The summed E-state index contributed by atoms with van der Waals surface area (Å²) in [4.78, 5) is 19.3. The molecule has 0 spiro atoms. The van der Waals surface area contributed by atoms with Gasteiger partial charge in [-0.05, 0) is 44.3 Å². The summed E-state index contributed by atoms with van der Waals surface area (Å²) in [7, 11) is 0. The maximum absolute atomic E-state index is 11.1. The van der Waals surface area contributed by atoms with Crippen molar-refractivity contribution in [2.45, 2.75) is 38.6 Å². The highest BCUT2D eigenvalue weighted by Crippen LogP contribution is 2.29. The summed E-state index contributed by atoms with van der Waals surface area (Å²) in [5.41, 5.74) is 1.48. The van der Waals surface area contributed by atoms with Crippen molar-refractivity contribution in [1.29, 1.82) is 0 Å². The number of hydrogen-bond donors (Lipinski definition) is 0. The van der Waals surface area contributed by atoms with Crippen LogP contribution in [-0.4, -0.2) is 28.8 Å². The molecule has 0 unspecified atom stereocenters. The minimum Gasteiger partial charge on any atom is -0.300 e. The Balaban J connectivity index is 1.51. The summed E-state index contributed by atoms with van der Waals surface area (Å²) in [6, 6.07) is 10.8. The van der Waals surface area contributed by atoms with Crippen LogP contribution >= 0.6 is 11.3 Å². The van der Waals surface area contributed by atoms with Crippen LogP contribution in [0.5, 0.6) is 0 Å². The summed E-state index contributed by atoms with van der Waals surface area (Å²) in [5.74, 6) is 0.886. The van der Waals surface area contributed by atoms with E-state index in [4.69, 9.17) is 0 Å². The molecule has 116 valence electrons. The molecule has 1 aliphatic rings. The molecule has 0 saturated carbocycles. The van der Waals surface area contributed by atoms with Gasteiger partial charge in [0.1, 0.15) is 10.8 Å². The van der Waals surface area contributed by atoms with Gasteiger partial charge in [-0.1, -0.05) is 30.3 Å². The molecule has 1 fully saturated rings. The molecule has 1 aliphatic heterocycles. The summed E-state index contributed by atoms with van der Waals surface area (Å²) in [5, 5.41) is 0.946. The Morgan fingerprint density at radius 1 is 1.27 bits per heavy atom. The van der Waals surface area contributed by atoms with Gasteiger partial charge in [-0.15, -0.1) is 11.3 Å². The SMILES string of the molecule is CC(=O)Cc1ncc(CN2CCC(c3ccccc3)CC2)s1. The van der Waals surface area contributed by atoms with E-state index in [-0.39, 0.29) is 5.78 Å². The van der Waals surface area contributed by atoms with Gasteiger partial charge in [-0.2, -0.15) is 0 Å². The van der Waals surface area contributed by atoms with Crippen molar-refractivity contribution in [3.63, 3.8) is 0 Å². The molecule has 1 aromatic heterocycles. The molecule has 0 bridgehead atoms. The van der Waals surface area contributed by atoms with Gasteiger partial charge in [-0.3, -0.25) is 9.69 Å². The van der Waals surface area contributed by atoms with Crippen molar-refractivity contribution in [3.05, 3.63) is 52.0 Å². The normalized spacial score (nSPS) is 16.8. The lowest BCUT2D eigenvalue weighted by molar-refractivity contribution is -0.116. The minimum absolute atomic E-state index is 0.185. The van der Waals surface area contributed by atoms with Gasteiger partial charge < -0.3 is 0 Å². The van der Waals surface area contributed by atoms with E-state index in [2.05, 4.69) is 40.2 Å².